The Morgan fingerprint density at radius 3 is 2.48 bits per heavy atom. The number of nitrogens with two attached hydrogens (primary N) is 1. The highest BCUT2D eigenvalue weighted by Crippen LogP contribution is 2.13. The van der Waals surface area contributed by atoms with Gasteiger partial charge in [0.25, 0.3) is 11.3 Å². The van der Waals surface area contributed by atoms with Gasteiger partial charge in [0.05, 0.1) is 6.54 Å². The summed E-state index contributed by atoms with van der Waals surface area (Å²) in [5, 5.41) is 0. The van der Waals surface area contributed by atoms with Crippen LogP contribution in [0.1, 0.15) is 11.7 Å². The van der Waals surface area contributed by atoms with E-state index < -0.39 is 35.3 Å². The smallest absolute Gasteiger partial charge is 0.291 e. The van der Waals surface area contributed by atoms with Crippen molar-refractivity contribution in [1.82, 2.24) is 24.1 Å². The Labute approximate surface area is 139 Å². The molecule has 0 spiro atoms. The number of aliphatic imine (C=N–C) groups is 2. The van der Waals surface area contributed by atoms with Crippen molar-refractivity contribution in [2.75, 3.05) is 0 Å². The maximum Gasteiger partial charge on any atom is 0.332 e. The van der Waals surface area contributed by atoms with Crippen LogP contribution in [0.3, 0.4) is 0 Å². The average Bonchev–Trinajstić information content (AvgIpc) is 3.23. The monoisotopic (exact) mass is 346 g/mol. The molecule has 0 unspecified atom stereocenters. The molecular formula is C13H14N8O4. The fourth-order valence-electron chi connectivity index (χ4n) is 2.52. The highest BCUT2D eigenvalue weighted by Gasteiger charge is 2.38. The highest BCUT2D eigenvalue weighted by atomic mass is 16.2. The number of carbonyl (C=O) groups is 2. The van der Waals surface area contributed by atoms with Crippen molar-refractivity contribution >= 4 is 35.3 Å². The molecule has 0 aliphatic carbocycles. The topological polar surface area (TPSA) is 159 Å². The quantitative estimate of drug-likeness (QED) is 0.453. The van der Waals surface area contributed by atoms with Crippen LogP contribution in [0.2, 0.25) is 0 Å². The van der Waals surface area contributed by atoms with Crippen LogP contribution in [0.15, 0.2) is 25.9 Å². The van der Waals surface area contributed by atoms with Crippen molar-refractivity contribution < 1.29 is 9.59 Å². The Morgan fingerprint density at radius 2 is 1.92 bits per heavy atom. The highest BCUT2D eigenvalue weighted by molar-refractivity contribution is 6.19. The van der Waals surface area contributed by atoms with Crippen LogP contribution in [0.5, 0.6) is 0 Å². The molecule has 0 radical (unpaired) electrons. The molecule has 3 rings (SSSR count). The van der Waals surface area contributed by atoms with Crippen LogP contribution in [-0.4, -0.2) is 48.6 Å². The Morgan fingerprint density at radius 1 is 1.28 bits per heavy atom. The minimum absolute atomic E-state index is 0.0393. The number of nitrogens with one attached hydrogen (secondary N) is 1. The number of ketones is 1. The molecule has 1 aliphatic heterocycles. The number of hydrogen-bond donors (Lipinski definition) is 2. The lowest BCUT2D eigenvalue weighted by atomic mass is 10.2. The third kappa shape index (κ3) is 2.35. The van der Waals surface area contributed by atoms with Gasteiger partial charge in [-0.15, -0.1) is 0 Å². The molecule has 130 valence electrons. The maximum atomic E-state index is 12.7. The molecule has 0 amide bonds. The zero-order valence-electron chi connectivity index (χ0n) is 13.3. The Bertz CT molecular complexity index is 1060. The molecule has 1 aliphatic rings. The largest absolute Gasteiger partial charge is 0.332 e. The molecule has 0 atom stereocenters. The van der Waals surface area contributed by atoms with Crippen molar-refractivity contribution in [2.45, 2.75) is 19.3 Å². The zero-order valence-corrected chi connectivity index (χ0v) is 13.3. The fourth-order valence-corrected chi connectivity index (χ4v) is 2.52. The third-order valence-electron chi connectivity index (χ3n) is 3.85. The van der Waals surface area contributed by atoms with Crippen LogP contribution in [-0.2, 0) is 18.4 Å². The molecule has 0 saturated carbocycles. The van der Waals surface area contributed by atoms with Crippen LogP contribution in [0.25, 0.3) is 11.2 Å². The molecule has 12 heteroatoms. The van der Waals surface area contributed by atoms with E-state index >= 15 is 0 Å². The summed E-state index contributed by atoms with van der Waals surface area (Å²) in [5.74, 6) is 2.39. The van der Waals surface area contributed by atoms with Gasteiger partial charge in [-0.3, -0.25) is 33.9 Å². The van der Waals surface area contributed by atoms with E-state index in [1.54, 1.807) is 0 Å². The van der Waals surface area contributed by atoms with E-state index in [9.17, 15) is 19.2 Å². The number of aryl methyl sites for hydroxylation is 1. The number of fused-ring (bicyclic) bond motifs is 1. The van der Waals surface area contributed by atoms with Crippen LogP contribution in [0, 0.1) is 0 Å². The predicted octanol–water partition coefficient (Wildman–Crippen LogP) is -2.60. The van der Waals surface area contributed by atoms with E-state index in [1.165, 1.54) is 26.4 Å². The van der Waals surface area contributed by atoms with E-state index in [0.29, 0.717) is 4.57 Å². The first-order valence-corrected chi connectivity index (χ1v) is 7.10. The summed E-state index contributed by atoms with van der Waals surface area (Å²) in [6, 6.07) is 0. The second kappa shape index (κ2) is 5.68. The minimum atomic E-state index is -1.78. The molecule has 12 nitrogen and oxygen atoms in total. The second-order valence-electron chi connectivity index (χ2n) is 5.33. The summed E-state index contributed by atoms with van der Waals surface area (Å²) in [7, 11) is 1.38. The van der Waals surface area contributed by atoms with Gasteiger partial charge >= 0.3 is 5.69 Å². The number of hydrazine groups is 1. The molecule has 0 fully saturated rings. The standard InChI is InChI=1S/C13H14N8O4/c1-7(22)21-6-15-10-9(21)11(24)20(12(25)19(10)2)5-8(23)13(18-14)16-3-4-17-13/h3-4,6,18H,5,14H2,1-2H3. The molecule has 3 N–H and O–H groups in total. The number of Topliss-reactive ketones (excluding diaryl/α,β-unsaturated/α-hetero) is 1. The van der Waals surface area contributed by atoms with Crippen molar-refractivity contribution in [1.29, 1.82) is 0 Å². The molecular weight excluding hydrogens is 332 g/mol. The number of aromatic nitrogens is 4. The van der Waals surface area contributed by atoms with Crippen molar-refractivity contribution in [3.63, 3.8) is 0 Å². The van der Waals surface area contributed by atoms with Crippen molar-refractivity contribution in [3.8, 4) is 0 Å². The molecule has 3 heterocycles. The first-order valence-electron chi connectivity index (χ1n) is 7.10. The summed E-state index contributed by atoms with van der Waals surface area (Å²) < 4.78 is 2.78. The number of carbonyl (C=O) groups excluding carboxylic acids is 2. The lowest BCUT2D eigenvalue weighted by Crippen LogP contribution is -2.54. The van der Waals surface area contributed by atoms with Gasteiger partial charge in [-0.25, -0.2) is 25.2 Å². The van der Waals surface area contributed by atoms with Crippen LogP contribution >= 0.6 is 0 Å². The van der Waals surface area contributed by atoms with Gasteiger partial charge in [-0.1, -0.05) is 0 Å². The first-order chi connectivity index (χ1) is 11.8. The third-order valence-corrected chi connectivity index (χ3v) is 3.85. The minimum Gasteiger partial charge on any atom is -0.291 e. The van der Waals surface area contributed by atoms with E-state index in [0.717, 1.165) is 15.5 Å². The van der Waals surface area contributed by atoms with E-state index in [-0.39, 0.29) is 11.2 Å². The molecule has 2 aromatic heterocycles. The number of hydrogen-bond acceptors (Lipinski definition) is 9. The van der Waals surface area contributed by atoms with Gasteiger partial charge in [-0.05, 0) is 0 Å². The SMILES string of the molecule is CC(=O)n1cnc2c1c(=O)n(CC(=O)C1(NN)N=CC=N1)c(=O)n2C. The summed E-state index contributed by atoms with van der Waals surface area (Å²) in [4.78, 5) is 60.9. The summed E-state index contributed by atoms with van der Waals surface area (Å²) >= 11 is 0. The van der Waals surface area contributed by atoms with E-state index in [2.05, 4.69) is 20.4 Å². The summed E-state index contributed by atoms with van der Waals surface area (Å²) in [6.45, 7) is 0.611. The Kier molecular flexibility index (Phi) is 3.77. The lowest BCUT2D eigenvalue weighted by molar-refractivity contribution is -0.125. The maximum absolute atomic E-state index is 12.7. The van der Waals surface area contributed by atoms with Gasteiger partial charge in [0.2, 0.25) is 11.7 Å². The normalized spacial score (nSPS) is 15.2. The molecule has 0 saturated heterocycles. The second-order valence-corrected chi connectivity index (χ2v) is 5.33. The number of imidazole rings is 1. The Balaban J connectivity index is 2.19. The van der Waals surface area contributed by atoms with Gasteiger partial charge < -0.3 is 0 Å². The summed E-state index contributed by atoms with van der Waals surface area (Å²) in [5.41, 5.74) is 0.522. The van der Waals surface area contributed by atoms with Crippen LogP contribution in [0.4, 0.5) is 0 Å². The lowest BCUT2D eigenvalue weighted by Gasteiger charge is -2.20. The van der Waals surface area contributed by atoms with Crippen molar-refractivity contribution in [3.05, 3.63) is 27.2 Å². The zero-order chi connectivity index (χ0) is 18.4. The van der Waals surface area contributed by atoms with E-state index in [4.69, 9.17) is 5.84 Å². The molecule has 25 heavy (non-hydrogen) atoms. The summed E-state index contributed by atoms with van der Waals surface area (Å²) in [6.07, 6.45) is 3.69. The van der Waals surface area contributed by atoms with E-state index in [1.807, 2.05) is 0 Å². The van der Waals surface area contributed by atoms with Crippen LogP contribution < -0.4 is 22.5 Å². The van der Waals surface area contributed by atoms with Crippen molar-refractivity contribution in [2.24, 2.45) is 22.9 Å². The fraction of sp³-hybridized carbons (Fsp3) is 0.308. The number of nitrogens with zero attached hydrogens (tertiary/aromatic N) is 6. The molecule has 0 bridgehead atoms. The average molecular weight is 346 g/mol. The van der Waals surface area contributed by atoms with Gasteiger partial charge in [0.1, 0.15) is 6.33 Å². The van der Waals surface area contributed by atoms with Gasteiger partial charge in [0, 0.05) is 26.4 Å². The molecule has 0 aromatic carbocycles. The first kappa shape index (κ1) is 16.6. The number of rotatable bonds is 4. The van der Waals surface area contributed by atoms with Gasteiger partial charge in [-0.2, -0.15) is 0 Å². The molecule has 2 aromatic rings. The Hall–Kier alpha value is -3.25. The van der Waals surface area contributed by atoms with Gasteiger partial charge in [0.15, 0.2) is 11.2 Å². The predicted molar refractivity (Wildman–Crippen MR) is 87.6 cm³/mol.